The number of aryl methyl sites for hydroxylation is 1. The maximum atomic E-state index is 12.0. The molecule has 0 saturated heterocycles. The number of benzene rings is 1. The summed E-state index contributed by atoms with van der Waals surface area (Å²) in [5, 5.41) is 9.49. The van der Waals surface area contributed by atoms with Crippen molar-refractivity contribution in [1.29, 1.82) is 5.26 Å². The molecule has 1 amide bonds. The minimum absolute atomic E-state index is 0.229. The van der Waals surface area contributed by atoms with Crippen LogP contribution in [0.1, 0.15) is 42.4 Å². The largest absolute Gasteiger partial charge is 0.312 e. The van der Waals surface area contributed by atoms with E-state index in [-0.39, 0.29) is 11.3 Å². The van der Waals surface area contributed by atoms with Crippen LogP contribution in [0.25, 0.3) is 0 Å². The highest BCUT2D eigenvalue weighted by Gasteiger charge is 2.41. The van der Waals surface area contributed by atoms with Crippen molar-refractivity contribution in [2.24, 2.45) is 0 Å². The van der Waals surface area contributed by atoms with Gasteiger partial charge in [0.05, 0.1) is 23.6 Å². The van der Waals surface area contributed by atoms with Crippen LogP contribution in [-0.4, -0.2) is 12.5 Å². The summed E-state index contributed by atoms with van der Waals surface area (Å²) in [6, 6.07) is 6.85. The predicted octanol–water partition coefficient (Wildman–Crippen LogP) is 2.47. The molecule has 1 aliphatic carbocycles. The van der Waals surface area contributed by atoms with Crippen molar-refractivity contribution in [3.63, 3.8) is 0 Å². The molecule has 3 aliphatic rings. The summed E-state index contributed by atoms with van der Waals surface area (Å²) < 4.78 is 0. The molecule has 1 saturated carbocycles. The van der Waals surface area contributed by atoms with Gasteiger partial charge in [0, 0.05) is 6.54 Å². The Balaban J connectivity index is 1.88. The predicted molar refractivity (Wildman–Crippen MR) is 72.0 cm³/mol. The van der Waals surface area contributed by atoms with Gasteiger partial charge in [-0.15, -0.1) is 0 Å². The van der Waals surface area contributed by atoms with Gasteiger partial charge in [0.25, 0.3) is 0 Å². The summed E-state index contributed by atoms with van der Waals surface area (Å²) >= 11 is 0. The van der Waals surface area contributed by atoms with Crippen LogP contribution in [-0.2, 0) is 23.1 Å². The van der Waals surface area contributed by atoms with Gasteiger partial charge in [-0.1, -0.05) is 12.1 Å². The normalized spacial score (nSPS) is 22.7. The molecule has 0 unspecified atom stereocenters. The molecule has 2 aliphatic heterocycles. The van der Waals surface area contributed by atoms with E-state index in [4.69, 9.17) is 0 Å². The molecule has 1 aromatic carbocycles. The highest BCUT2D eigenvalue weighted by molar-refractivity contribution is 6.02. The van der Waals surface area contributed by atoms with Gasteiger partial charge >= 0.3 is 0 Å². The fourth-order valence-electron chi connectivity index (χ4n) is 3.75. The summed E-state index contributed by atoms with van der Waals surface area (Å²) in [6.07, 6.45) is 5.70. The van der Waals surface area contributed by atoms with E-state index < -0.39 is 0 Å². The SMILES string of the molecule is N#CC1(c2cc3c4c(c2)CC(=O)N4CCC3)CCC1. The molecule has 1 fully saturated rings. The summed E-state index contributed by atoms with van der Waals surface area (Å²) in [7, 11) is 0. The number of carbonyl (C=O) groups is 1. The zero-order valence-electron chi connectivity index (χ0n) is 10.9. The van der Waals surface area contributed by atoms with E-state index in [2.05, 4.69) is 18.2 Å². The van der Waals surface area contributed by atoms with Crippen LogP contribution in [0.5, 0.6) is 0 Å². The zero-order chi connectivity index (χ0) is 13.0. The Morgan fingerprint density at radius 1 is 1.21 bits per heavy atom. The minimum atomic E-state index is -0.264. The number of carbonyl (C=O) groups excluding carboxylic acids is 1. The number of rotatable bonds is 1. The second-order valence-corrected chi connectivity index (χ2v) is 6.02. The Morgan fingerprint density at radius 2 is 2.00 bits per heavy atom. The summed E-state index contributed by atoms with van der Waals surface area (Å²) in [5.41, 5.74) is 4.49. The van der Waals surface area contributed by atoms with Gasteiger partial charge in [-0.2, -0.15) is 5.26 Å². The van der Waals surface area contributed by atoms with Crippen LogP contribution >= 0.6 is 0 Å². The highest BCUT2D eigenvalue weighted by Crippen LogP contribution is 2.47. The van der Waals surface area contributed by atoms with E-state index in [1.165, 1.54) is 5.56 Å². The molecule has 0 atom stereocenters. The van der Waals surface area contributed by atoms with Crippen LogP contribution in [0.2, 0.25) is 0 Å². The quantitative estimate of drug-likeness (QED) is 0.770. The van der Waals surface area contributed by atoms with Crippen molar-refractivity contribution in [2.75, 3.05) is 11.4 Å². The lowest BCUT2D eigenvalue weighted by molar-refractivity contribution is -0.117. The van der Waals surface area contributed by atoms with Gasteiger partial charge in [0.2, 0.25) is 5.91 Å². The Kier molecular flexibility index (Phi) is 2.09. The number of anilines is 1. The number of amides is 1. The standard InChI is InChI=1S/C16H16N2O/c17-10-16(4-2-5-16)13-7-11-3-1-6-18-14(19)9-12(8-13)15(11)18/h7-8H,1-6,9H2. The first-order valence-electron chi connectivity index (χ1n) is 7.11. The molecule has 1 aromatic rings. The molecule has 4 rings (SSSR count). The third-order valence-corrected chi connectivity index (χ3v) is 4.98. The summed E-state index contributed by atoms with van der Waals surface area (Å²) in [4.78, 5) is 14.0. The number of hydrogen-bond acceptors (Lipinski definition) is 2. The van der Waals surface area contributed by atoms with Gasteiger partial charge < -0.3 is 4.90 Å². The lowest BCUT2D eigenvalue weighted by atomic mass is 9.65. The van der Waals surface area contributed by atoms with Crippen LogP contribution in [0, 0.1) is 11.3 Å². The first-order valence-corrected chi connectivity index (χ1v) is 7.11. The molecular formula is C16H16N2O. The van der Waals surface area contributed by atoms with Crippen molar-refractivity contribution < 1.29 is 4.79 Å². The summed E-state index contributed by atoms with van der Waals surface area (Å²) in [6.45, 7) is 0.863. The lowest BCUT2D eigenvalue weighted by Gasteiger charge is -2.37. The Hall–Kier alpha value is -1.82. The molecule has 0 aromatic heterocycles. The maximum absolute atomic E-state index is 12.0. The van der Waals surface area contributed by atoms with Crippen molar-refractivity contribution in [3.8, 4) is 6.07 Å². The van der Waals surface area contributed by atoms with Crippen molar-refractivity contribution in [2.45, 2.75) is 43.9 Å². The lowest BCUT2D eigenvalue weighted by Crippen LogP contribution is -2.33. The van der Waals surface area contributed by atoms with E-state index in [1.807, 2.05) is 4.90 Å². The van der Waals surface area contributed by atoms with Crippen molar-refractivity contribution >= 4 is 11.6 Å². The van der Waals surface area contributed by atoms with E-state index in [9.17, 15) is 10.1 Å². The Morgan fingerprint density at radius 3 is 2.68 bits per heavy atom. The Bertz CT molecular complexity index is 622. The summed E-state index contributed by atoms with van der Waals surface area (Å²) in [5.74, 6) is 0.229. The first-order chi connectivity index (χ1) is 9.23. The third-order valence-electron chi connectivity index (χ3n) is 4.98. The Labute approximate surface area is 112 Å². The molecule has 0 radical (unpaired) electrons. The minimum Gasteiger partial charge on any atom is -0.312 e. The molecule has 3 heteroatoms. The number of hydrogen-bond donors (Lipinski definition) is 0. The molecular weight excluding hydrogens is 236 g/mol. The van der Waals surface area contributed by atoms with Gasteiger partial charge in [0.1, 0.15) is 0 Å². The van der Waals surface area contributed by atoms with E-state index in [0.29, 0.717) is 6.42 Å². The molecule has 0 N–H and O–H groups in total. The van der Waals surface area contributed by atoms with Crippen LogP contribution in [0.15, 0.2) is 12.1 Å². The van der Waals surface area contributed by atoms with Gasteiger partial charge in [-0.05, 0) is 48.8 Å². The highest BCUT2D eigenvalue weighted by atomic mass is 16.2. The number of nitriles is 1. The molecule has 3 nitrogen and oxygen atoms in total. The molecule has 96 valence electrons. The fourth-order valence-corrected chi connectivity index (χ4v) is 3.75. The second-order valence-electron chi connectivity index (χ2n) is 6.02. The van der Waals surface area contributed by atoms with E-state index >= 15 is 0 Å². The maximum Gasteiger partial charge on any atom is 0.231 e. The van der Waals surface area contributed by atoms with Crippen LogP contribution in [0.4, 0.5) is 5.69 Å². The van der Waals surface area contributed by atoms with E-state index in [1.54, 1.807) is 0 Å². The second kappa shape index (κ2) is 3.60. The first kappa shape index (κ1) is 11.0. The zero-order valence-corrected chi connectivity index (χ0v) is 10.9. The topological polar surface area (TPSA) is 44.1 Å². The molecule has 0 spiro atoms. The van der Waals surface area contributed by atoms with Crippen molar-refractivity contribution in [1.82, 2.24) is 0 Å². The molecule has 19 heavy (non-hydrogen) atoms. The number of nitrogens with zero attached hydrogens (tertiary/aromatic N) is 2. The fraction of sp³-hybridized carbons (Fsp3) is 0.500. The van der Waals surface area contributed by atoms with Crippen LogP contribution < -0.4 is 4.90 Å². The monoisotopic (exact) mass is 252 g/mol. The van der Waals surface area contributed by atoms with E-state index in [0.717, 1.165) is 55.5 Å². The van der Waals surface area contributed by atoms with Crippen molar-refractivity contribution in [3.05, 3.63) is 28.8 Å². The van der Waals surface area contributed by atoms with Crippen LogP contribution in [0.3, 0.4) is 0 Å². The van der Waals surface area contributed by atoms with Gasteiger partial charge in [-0.3, -0.25) is 4.79 Å². The average Bonchev–Trinajstić information content (AvgIpc) is 2.68. The smallest absolute Gasteiger partial charge is 0.231 e. The van der Waals surface area contributed by atoms with Gasteiger partial charge in [0.15, 0.2) is 0 Å². The molecule has 2 heterocycles. The molecule has 0 bridgehead atoms. The van der Waals surface area contributed by atoms with Gasteiger partial charge in [-0.25, -0.2) is 0 Å². The third kappa shape index (κ3) is 1.35. The average molecular weight is 252 g/mol.